The lowest BCUT2D eigenvalue weighted by Gasteiger charge is -2.48. The standard InChI is InChI=1S/C43H74N2O12/c1-14-32-43(10,50)36(46)28(6)45(12)23-24(2)21-41(8,49)38(57-40-35(31(44-11)20-25(3)52-40)54-30-18-16-15-17-19-30)26(4)34(27(5)39(48)55-32)56-33-22-42(9,51-13)37(47)29(7)53-33/h15-19,24-29,31-38,40,44,46-47,49-50H,14,20-23H2,1-13H3/t24-,25-,26+,27-,28-,29+,31+,32-,33+,34+,35-,36-,37+,38-,40+,41-,42-,43-/m1/s1. The molecule has 3 saturated heterocycles. The number of cyclic esters (lactones) is 1. The van der Waals surface area contributed by atoms with Gasteiger partial charge in [-0.25, -0.2) is 0 Å². The van der Waals surface area contributed by atoms with Crippen LogP contribution < -0.4 is 10.1 Å². The fourth-order valence-corrected chi connectivity index (χ4v) is 9.31. The normalized spacial score (nSPS) is 46.1. The van der Waals surface area contributed by atoms with Gasteiger partial charge in [0.2, 0.25) is 0 Å². The molecule has 3 aliphatic rings. The summed E-state index contributed by atoms with van der Waals surface area (Å²) < 4.78 is 45.1. The third kappa shape index (κ3) is 11.1. The zero-order valence-electron chi connectivity index (χ0n) is 36.6. The number of benzene rings is 1. The molecule has 3 aliphatic heterocycles. The van der Waals surface area contributed by atoms with Crippen LogP contribution in [0, 0.1) is 17.8 Å². The number of para-hydroxylation sites is 1. The number of aliphatic hydroxyl groups excluding tert-OH is 2. The average molecular weight is 811 g/mol. The van der Waals surface area contributed by atoms with Gasteiger partial charge < -0.3 is 63.8 Å². The van der Waals surface area contributed by atoms with Gasteiger partial charge in [0, 0.05) is 32.0 Å². The minimum Gasteiger partial charge on any atom is -0.483 e. The molecular weight excluding hydrogens is 736 g/mol. The summed E-state index contributed by atoms with van der Waals surface area (Å²) in [5, 5.41) is 50.6. The number of carbonyl (C=O) groups is 1. The zero-order chi connectivity index (χ0) is 42.6. The van der Waals surface area contributed by atoms with Crippen LogP contribution in [0.3, 0.4) is 0 Å². The lowest BCUT2D eigenvalue weighted by molar-refractivity contribution is -0.314. The maximum absolute atomic E-state index is 14.4. The summed E-state index contributed by atoms with van der Waals surface area (Å²) in [6.07, 6.45) is -7.44. The molecule has 3 heterocycles. The molecule has 57 heavy (non-hydrogen) atoms. The van der Waals surface area contributed by atoms with E-state index in [1.807, 2.05) is 77.0 Å². The molecule has 0 amide bonds. The van der Waals surface area contributed by atoms with Gasteiger partial charge >= 0.3 is 5.97 Å². The van der Waals surface area contributed by atoms with Gasteiger partial charge in [-0.3, -0.25) is 4.79 Å². The van der Waals surface area contributed by atoms with Crippen molar-refractivity contribution in [1.29, 1.82) is 0 Å². The Hall–Kier alpha value is -1.95. The number of hydrogen-bond acceptors (Lipinski definition) is 14. The topological polar surface area (TPSA) is 178 Å². The van der Waals surface area contributed by atoms with Crippen LogP contribution in [0.25, 0.3) is 0 Å². The van der Waals surface area contributed by atoms with Crippen LogP contribution in [0.1, 0.15) is 94.9 Å². The largest absolute Gasteiger partial charge is 0.483 e. The Morgan fingerprint density at radius 2 is 1.58 bits per heavy atom. The Morgan fingerprint density at radius 1 is 0.930 bits per heavy atom. The molecule has 1 aromatic carbocycles. The average Bonchev–Trinajstić information content (AvgIpc) is 3.16. The number of esters is 1. The summed E-state index contributed by atoms with van der Waals surface area (Å²) in [4.78, 5) is 16.3. The molecule has 0 spiro atoms. The summed E-state index contributed by atoms with van der Waals surface area (Å²) in [6.45, 7) is 18.3. The lowest BCUT2D eigenvalue weighted by atomic mass is 9.77. The number of nitrogens with zero attached hydrogens (tertiary/aromatic N) is 1. The monoisotopic (exact) mass is 811 g/mol. The summed E-state index contributed by atoms with van der Waals surface area (Å²) in [5.41, 5.74) is -4.36. The van der Waals surface area contributed by atoms with Crippen molar-refractivity contribution < 1.29 is 58.4 Å². The third-order valence-corrected chi connectivity index (χ3v) is 12.9. The number of nitrogens with one attached hydrogen (secondary N) is 1. The predicted molar refractivity (Wildman–Crippen MR) is 214 cm³/mol. The van der Waals surface area contributed by atoms with E-state index >= 15 is 0 Å². The number of carbonyl (C=O) groups excluding carboxylic acids is 1. The van der Waals surface area contributed by atoms with Gasteiger partial charge in [0.1, 0.15) is 29.7 Å². The molecule has 1 aromatic rings. The summed E-state index contributed by atoms with van der Waals surface area (Å²) in [7, 11) is 5.25. The molecule has 3 fully saturated rings. The first-order valence-electron chi connectivity index (χ1n) is 20.9. The maximum Gasteiger partial charge on any atom is 0.311 e. The van der Waals surface area contributed by atoms with E-state index in [0.29, 0.717) is 18.7 Å². The number of aliphatic hydroxyl groups is 4. The van der Waals surface area contributed by atoms with Crippen LogP contribution in [0.15, 0.2) is 30.3 Å². The Morgan fingerprint density at radius 3 is 2.18 bits per heavy atom. The second kappa shape index (κ2) is 19.6. The SMILES string of the molecule is CC[C@H]1OC(=O)[C@H](C)[C@@H](O[C@H]2C[C@@](C)(OC)[C@@H](O)[C@H](C)O2)[C@H](C)[C@@H](O[C@@H]2O[C@H](C)C[C@H](NC)[C@H]2Oc2ccccc2)[C@](C)(O)C[C@@H](C)CN(C)[C@H](C)[C@@H](O)[C@]1(C)O. The molecule has 0 radical (unpaired) electrons. The Labute approximate surface area is 340 Å². The summed E-state index contributed by atoms with van der Waals surface area (Å²) in [5.74, 6) is -1.90. The van der Waals surface area contributed by atoms with Crippen molar-refractivity contribution in [3.63, 3.8) is 0 Å². The van der Waals surface area contributed by atoms with E-state index < -0.39 is 96.0 Å². The minimum absolute atomic E-state index is 0.135. The predicted octanol–water partition coefficient (Wildman–Crippen LogP) is 3.65. The first-order valence-corrected chi connectivity index (χ1v) is 20.9. The van der Waals surface area contributed by atoms with E-state index in [1.54, 1.807) is 34.6 Å². The molecule has 0 unspecified atom stereocenters. The number of ether oxygens (including phenoxy) is 7. The Bertz CT molecular complexity index is 1400. The van der Waals surface area contributed by atoms with Crippen LogP contribution in [-0.4, -0.2) is 149 Å². The van der Waals surface area contributed by atoms with E-state index in [2.05, 4.69) is 5.32 Å². The molecular formula is C43H74N2O12. The number of rotatable bonds is 9. The van der Waals surface area contributed by atoms with Crippen LogP contribution in [0.5, 0.6) is 5.75 Å². The van der Waals surface area contributed by atoms with E-state index in [4.69, 9.17) is 33.2 Å². The van der Waals surface area contributed by atoms with Crippen molar-refractivity contribution in [2.45, 2.75) is 185 Å². The zero-order valence-corrected chi connectivity index (χ0v) is 36.6. The lowest BCUT2D eigenvalue weighted by Crippen LogP contribution is -2.61. The third-order valence-electron chi connectivity index (χ3n) is 12.9. The molecule has 0 aliphatic carbocycles. The van der Waals surface area contributed by atoms with Crippen molar-refractivity contribution >= 4 is 5.97 Å². The van der Waals surface area contributed by atoms with Gasteiger partial charge in [0.15, 0.2) is 18.7 Å². The molecule has 5 N–H and O–H groups in total. The number of likely N-dealkylation sites (N-methyl/N-ethyl adjacent to an activating group) is 2. The highest BCUT2D eigenvalue weighted by Crippen LogP contribution is 2.40. The fraction of sp³-hybridized carbons (Fsp3) is 0.837. The van der Waals surface area contributed by atoms with E-state index in [1.165, 1.54) is 14.0 Å². The maximum atomic E-state index is 14.4. The van der Waals surface area contributed by atoms with Crippen molar-refractivity contribution in [3.05, 3.63) is 30.3 Å². The van der Waals surface area contributed by atoms with Crippen molar-refractivity contribution in [2.75, 3.05) is 27.7 Å². The van der Waals surface area contributed by atoms with Crippen molar-refractivity contribution in [3.8, 4) is 5.75 Å². The second-order valence-corrected chi connectivity index (χ2v) is 17.9. The molecule has 18 atom stereocenters. The molecule has 328 valence electrons. The smallest absolute Gasteiger partial charge is 0.311 e. The molecule has 0 aromatic heterocycles. The highest BCUT2D eigenvalue weighted by molar-refractivity contribution is 5.73. The molecule has 14 heteroatoms. The number of hydrogen-bond donors (Lipinski definition) is 5. The van der Waals surface area contributed by atoms with Crippen LogP contribution in [0.4, 0.5) is 0 Å². The molecule has 14 nitrogen and oxygen atoms in total. The van der Waals surface area contributed by atoms with Crippen LogP contribution in [0.2, 0.25) is 0 Å². The van der Waals surface area contributed by atoms with Crippen LogP contribution >= 0.6 is 0 Å². The fourth-order valence-electron chi connectivity index (χ4n) is 9.31. The van der Waals surface area contributed by atoms with Gasteiger partial charge in [-0.2, -0.15) is 0 Å². The van der Waals surface area contributed by atoms with E-state index in [0.717, 1.165) is 0 Å². The number of methoxy groups -OCH3 is 1. The first kappa shape index (κ1) is 47.7. The second-order valence-electron chi connectivity index (χ2n) is 17.9. The van der Waals surface area contributed by atoms with Crippen molar-refractivity contribution in [1.82, 2.24) is 10.2 Å². The van der Waals surface area contributed by atoms with E-state index in [-0.39, 0.29) is 37.3 Å². The highest BCUT2D eigenvalue weighted by atomic mass is 16.7. The first-order chi connectivity index (χ1) is 26.6. The minimum atomic E-state index is -1.80. The highest BCUT2D eigenvalue weighted by Gasteiger charge is 2.53. The van der Waals surface area contributed by atoms with Crippen molar-refractivity contribution in [2.24, 2.45) is 17.8 Å². The van der Waals surface area contributed by atoms with Crippen LogP contribution in [-0.2, 0) is 33.2 Å². The summed E-state index contributed by atoms with van der Waals surface area (Å²) >= 11 is 0. The van der Waals surface area contributed by atoms with Gasteiger partial charge in [-0.1, -0.05) is 39.0 Å². The Balaban J connectivity index is 1.85. The molecule has 0 bridgehead atoms. The Kier molecular flexibility index (Phi) is 16.4. The molecule has 4 rings (SSSR count). The molecule has 0 saturated carbocycles. The van der Waals surface area contributed by atoms with Gasteiger partial charge in [0.25, 0.3) is 0 Å². The van der Waals surface area contributed by atoms with Gasteiger partial charge in [-0.05, 0) is 99.9 Å². The summed E-state index contributed by atoms with van der Waals surface area (Å²) in [6, 6.07) is 8.73. The van der Waals surface area contributed by atoms with Gasteiger partial charge in [-0.15, -0.1) is 0 Å². The van der Waals surface area contributed by atoms with Gasteiger partial charge in [0.05, 0.1) is 47.6 Å². The van der Waals surface area contributed by atoms with E-state index in [9.17, 15) is 25.2 Å². The quantitative estimate of drug-likeness (QED) is 0.229.